The summed E-state index contributed by atoms with van der Waals surface area (Å²) >= 11 is 0. The SMILES string of the molecule is CC(C)(C)OC(=O)N1CCCC1C(=C1CC1)N1CCC2=C(CCC=C2c2ccccc2)C1. The van der Waals surface area contributed by atoms with Crippen molar-refractivity contribution < 1.29 is 9.53 Å². The van der Waals surface area contributed by atoms with Crippen LogP contribution in [0.5, 0.6) is 0 Å². The van der Waals surface area contributed by atoms with Crippen molar-refractivity contribution in [1.29, 1.82) is 0 Å². The molecule has 4 aliphatic rings. The molecular formula is C28H36N2O2. The summed E-state index contributed by atoms with van der Waals surface area (Å²) in [6, 6.07) is 11.0. The molecule has 170 valence electrons. The zero-order valence-electron chi connectivity index (χ0n) is 19.8. The Hall–Kier alpha value is -2.49. The van der Waals surface area contributed by atoms with Crippen LogP contribution in [0.25, 0.3) is 5.57 Å². The molecule has 0 spiro atoms. The quantitative estimate of drug-likeness (QED) is 0.561. The first-order chi connectivity index (χ1) is 15.4. The summed E-state index contributed by atoms with van der Waals surface area (Å²) in [6.45, 7) is 8.72. The molecular weight excluding hydrogens is 396 g/mol. The molecule has 4 heteroatoms. The van der Waals surface area contributed by atoms with Gasteiger partial charge in [0.2, 0.25) is 0 Å². The molecule has 2 heterocycles. The number of rotatable bonds is 3. The maximum atomic E-state index is 13.0. The third-order valence-corrected chi connectivity index (χ3v) is 7.04. The second-order valence-electron chi connectivity index (χ2n) is 10.6. The van der Waals surface area contributed by atoms with Crippen LogP contribution >= 0.6 is 0 Å². The van der Waals surface area contributed by atoms with Crippen LogP contribution in [0.2, 0.25) is 0 Å². The number of likely N-dealkylation sites (tertiary alicyclic amines) is 1. The van der Waals surface area contributed by atoms with Gasteiger partial charge in [-0.1, -0.05) is 36.4 Å². The first kappa shape index (κ1) is 21.4. The van der Waals surface area contributed by atoms with Crippen LogP contribution in [0.1, 0.15) is 71.3 Å². The van der Waals surface area contributed by atoms with Crippen molar-refractivity contribution in [2.24, 2.45) is 0 Å². The molecule has 32 heavy (non-hydrogen) atoms. The molecule has 0 bridgehead atoms. The minimum absolute atomic E-state index is 0.150. The van der Waals surface area contributed by atoms with Crippen LogP contribution in [0.15, 0.2) is 58.8 Å². The Morgan fingerprint density at radius 2 is 1.81 bits per heavy atom. The summed E-state index contributed by atoms with van der Waals surface area (Å²) in [5.74, 6) is 0. The van der Waals surface area contributed by atoms with Crippen molar-refractivity contribution in [2.75, 3.05) is 19.6 Å². The molecule has 0 N–H and O–H groups in total. The maximum absolute atomic E-state index is 13.0. The van der Waals surface area contributed by atoms with E-state index in [9.17, 15) is 4.79 Å². The zero-order chi connectivity index (χ0) is 22.3. The fourth-order valence-electron chi connectivity index (χ4n) is 5.59. The lowest BCUT2D eigenvalue weighted by molar-refractivity contribution is 0.0231. The van der Waals surface area contributed by atoms with Gasteiger partial charge < -0.3 is 9.64 Å². The highest BCUT2D eigenvalue weighted by atomic mass is 16.6. The Labute approximate surface area is 192 Å². The number of hydrogen-bond donors (Lipinski definition) is 0. The van der Waals surface area contributed by atoms with E-state index >= 15 is 0 Å². The van der Waals surface area contributed by atoms with Crippen LogP contribution in [-0.4, -0.2) is 47.2 Å². The highest BCUT2D eigenvalue weighted by Gasteiger charge is 2.40. The molecule has 1 saturated carbocycles. The maximum Gasteiger partial charge on any atom is 0.410 e. The van der Waals surface area contributed by atoms with E-state index in [1.54, 1.807) is 16.7 Å². The van der Waals surface area contributed by atoms with Gasteiger partial charge in [0.05, 0.1) is 6.04 Å². The lowest BCUT2D eigenvalue weighted by Gasteiger charge is -2.40. The largest absolute Gasteiger partial charge is 0.444 e. The predicted molar refractivity (Wildman–Crippen MR) is 129 cm³/mol. The van der Waals surface area contributed by atoms with E-state index in [1.165, 1.54) is 29.7 Å². The van der Waals surface area contributed by atoms with E-state index in [-0.39, 0.29) is 12.1 Å². The Kier molecular flexibility index (Phi) is 5.65. The summed E-state index contributed by atoms with van der Waals surface area (Å²) in [7, 11) is 0. The van der Waals surface area contributed by atoms with E-state index in [1.807, 2.05) is 25.7 Å². The normalized spacial score (nSPS) is 23.2. The van der Waals surface area contributed by atoms with Gasteiger partial charge in [-0.05, 0) is 93.6 Å². The van der Waals surface area contributed by atoms with Crippen LogP contribution in [-0.2, 0) is 4.74 Å². The number of hydrogen-bond acceptors (Lipinski definition) is 3. The van der Waals surface area contributed by atoms with Crippen molar-refractivity contribution in [1.82, 2.24) is 9.80 Å². The fourth-order valence-corrected chi connectivity index (χ4v) is 5.59. The molecule has 1 amide bonds. The molecule has 1 saturated heterocycles. The summed E-state index contributed by atoms with van der Waals surface area (Å²) < 4.78 is 5.77. The van der Waals surface area contributed by atoms with Gasteiger partial charge in [0, 0.05) is 25.3 Å². The van der Waals surface area contributed by atoms with E-state index < -0.39 is 5.60 Å². The molecule has 1 atom stereocenters. The van der Waals surface area contributed by atoms with Gasteiger partial charge >= 0.3 is 6.09 Å². The third-order valence-electron chi connectivity index (χ3n) is 7.04. The van der Waals surface area contributed by atoms with Gasteiger partial charge in [0.25, 0.3) is 0 Å². The summed E-state index contributed by atoms with van der Waals surface area (Å²) in [6.07, 6.45) is 10.1. The lowest BCUT2D eigenvalue weighted by atomic mass is 9.82. The third kappa shape index (κ3) is 4.37. The average molecular weight is 433 g/mol. The minimum atomic E-state index is -0.454. The van der Waals surface area contributed by atoms with Gasteiger partial charge in [-0.25, -0.2) is 4.79 Å². The van der Waals surface area contributed by atoms with Gasteiger partial charge in [-0.2, -0.15) is 0 Å². The van der Waals surface area contributed by atoms with Crippen molar-refractivity contribution >= 4 is 11.7 Å². The number of amides is 1. The van der Waals surface area contributed by atoms with Crippen LogP contribution in [0.3, 0.4) is 0 Å². The summed E-state index contributed by atoms with van der Waals surface area (Å²) in [5, 5.41) is 0. The Bertz CT molecular complexity index is 974. The standard InChI is InChI=1S/C28H36N2O2/c1-28(2,3)32-27(31)30-17-8-13-25(30)26(21-14-15-21)29-18-16-24-22(19-29)11-7-12-23(24)20-9-5-4-6-10-20/h4-6,9-10,12,25H,7-8,11,13-19H2,1-3H3. The molecule has 2 aliphatic carbocycles. The van der Waals surface area contributed by atoms with E-state index in [4.69, 9.17) is 4.74 Å². The Morgan fingerprint density at radius 3 is 2.53 bits per heavy atom. The predicted octanol–water partition coefficient (Wildman–Crippen LogP) is 6.31. The van der Waals surface area contributed by atoms with Gasteiger partial charge in [0.1, 0.15) is 5.60 Å². The second-order valence-corrected chi connectivity index (χ2v) is 10.6. The monoisotopic (exact) mass is 432 g/mol. The highest BCUT2D eigenvalue weighted by Crippen LogP contribution is 2.43. The molecule has 0 radical (unpaired) electrons. The molecule has 2 fully saturated rings. The Morgan fingerprint density at radius 1 is 1.03 bits per heavy atom. The van der Waals surface area contributed by atoms with Crippen molar-refractivity contribution in [3.63, 3.8) is 0 Å². The molecule has 0 aromatic heterocycles. The number of benzene rings is 1. The van der Waals surface area contributed by atoms with Crippen LogP contribution in [0, 0.1) is 0 Å². The average Bonchev–Trinajstić information content (AvgIpc) is 3.48. The lowest BCUT2D eigenvalue weighted by Crippen LogP contribution is -2.45. The summed E-state index contributed by atoms with van der Waals surface area (Å²) in [4.78, 5) is 17.6. The van der Waals surface area contributed by atoms with Gasteiger partial charge in [0.15, 0.2) is 0 Å². The number of carbonyl (C=O) groups is 1. The van der Waals surface area contributed by atoms with Gasteiger partial charge in [-0.3, -0.25) is 4.90 Å². The number of nitrogens with zero attached hydrogens (tertiary/aromatic N) is 2. The molecule has 5 rings (SSSR count). The fraction of sp³-hybridized carbons (Fsp3) is 0.536. The first-order valence-electron chi connectivity index (χ1n) is 12.3. The molecule has 1 unspecified atom stereocenters. The van der Waals surface area contributed by atoms with Crippen molar-refractivity contribution in [3.8, 4) is 0 Å². The number of ether oxygens (including phenoxy) is 1. The molecule has 1 aromatic rings. The smallest absolute Gasteiger partial charge is 0.410 e. The number of carbonyl (C=O) groups excluding carboxylic acids is 1. The Balaban J connectivity index is 1.38. The number of allylic oxidation sites excluding steroid dienone is 3. The topological polar surface area (TPSA) is 32.8 Å². The minimum Gasteiger partial charge on any atom is -0.444 e. The molecule has 4 nitrogen and oxygen atoms in total. The van der Waals surface area contributed by atoms with Crippen molar-refractivity contribution in [2.45, 2.75) is 77.4 Å². The van der Waals surface area contributed by atoms with E-state index in [2.05, 4.69) is 41.3 Å². The highest BCUT2D eigenvalue weighted by molar-refractivity contribution is 5.81. The molecule has 1 aromatic carbocycles. The van der Waals surface area contributed by atoms with Gasteiger partial charge in [-0.15, -0.1) is 0 Å². The van der Waals surface area contributed by atoms with Crippen molar-refractivity contribution in [3.05, 3.63) is 64.4 Å². The van der Waals surface area contributed by atoms with E-state index in [0.29, 0.717) is 0 Å². The van der Waals surface area contributed by atoms with Crippen LogP contribution < -0.4 is 0 Å². The first-order valence-corrected chi connectivity index (χ1v) is 12.3. The molecule has 2 aliphatic heterocycles. The van der Waals surface area contributed by atoms with E-state index in [0.717, 1.165) is 51.7 Å². The van der Waals surface area contributed by atoms with Crippen LogP contribution in [0.4, 0.5) is 4.79 Å². The summed E-state index contributed by atoms with van der Waals surface area (Å²) in [5.41, 5.74) is 8.50. The zero-order valence-corrected chi connectivity index (χ0v) is 19.8. The second kappa shape index (κ2) is 8.46.